The van der Waals surface area contributed by atoms with Crippen LogP contribution in [0, 0.1) is 5.82 Å². The smallest absolute Gasteiger partial charge is 0.493 e. The van der Waals surface area contributed by atoms with E-state index in [0.29, 0.717) is 11.6 Å². The molecule has 120 valence electrons. The number of halogens is 4. The molecule has 0 amide bonds. The average molecular weight is 340 g/mol. The number of H-pyrrole nitrogens is 1. The Morgan fingerprint density at radius 1 is 1.23 bits per heavy atom. The highest BCUT2D eigenvalue weighted by atomic mass is 32.2. The van der Waals surface area contributed by atoms with Crippen LogP contribution in [-0.4, -0.2) is 31.2 Å². The maximum Gasteiger partial charge on any atom is 0.534 e. The van der Waals surface area contributed by atoms with Gasteiger partial charge in [-0.2, -0.15) is 26.7 Å². The van der Waals surface area contributed by atoms with Crippen LogP contribution in [-0.2, 0) is 10.1 Å². The van der Waals surface area contributed by atoms with Crippen molar-refractivity contribution in [2.75, 3.05) is 7.11 Å². The molecule has 0 aliphatic rings. The van der Waals surface area contributed by atoms with Crippen molar-refractivity contribution in [3.8, 4) is 22.6 Å². The molecule has 0 saturated carbocycles. The van der Waals surface area contributed by atoms with E-state index in [9.17, 15) is 26.0 Å². The lowest BCUT2D eigenvalue weighted by Crippen LogP contribution is -2.28. The van der Waals surface area contributed by atoms with Crippen molar-refractivity contribution in [3.05, 3.63) is 30.3 Å². The molecule has 0 fully saturated rings. The Labute approximate surface area is 121 Å². The van der Waals surface area contributed by atoms with Crippen LogP contribution in [0.4, 0.5) is 17.6 Å². The fourth-order valence-electron chi connectivity index (χ4n) is 1.54. The molecular weight excluding hydrogens is 332 g/mol. The summed E-state index contributed by atoms with van der Waals surface area (Å²) >= 11 is 0. The predicted octanol–water partition coefficient (Wildman–Crippen LogP) is 2.45. The molecule has 2 aromatic rings. The molecule has 1 heterocycles. The summed E-state index contributed by atoms with van der Waals surface area (Å²) in [6, 6.07) is 1.49. The minimum Gasteiger partial charge on any atom is -0.493 e. The Hall–Kier alpha value is -2.30. The summed E-state index contributed by atoms with van der Waals surface area (Å²) in [7, 11) is -4.86. The molecule has 0 spiro atoms. The van der Waals surface area contributed by atoms with Crippen LogP contribution < -0.4 is 8.92 Å². The van der Waals surface area contributed by atoms with Crippen LogP contribution in [0.15, 0.2) is 24.5 Å². The van der Waals surface area contributed by atoms with Gasteiger partial charge in [0, 0.05) is 23.4 Å². The van der Waals surface area contributed by atoms with Crippen molar-refractivity contribution in [2.24, 2.45) is 0 Å². The predicted molar refractivity (Wildman–Crippen MR) is 66.1 cm³/mol. The monoisotopic (exact) mass is 340 g/mol. The Kier molecular flexibility index (Phi) is 4.00. The highest BCUT2D eigenvalue weighted by Gasteiger charge is 2.49. The standard InChI is InChI=1S/C11H8F4N2O4S/c1-20-9-2-7(6-4-16-17-5-6)8(12)3-10(9)21-22(18,19)11(13,14)15/h2-5H,1H3,(H,16,17). The molecule has 22 heavy (non-hydrogen) atoms. The highest BCUT2D eigenvalue weighted by molar-refractivity contribution is 7.88. The first-order valence-corrected chi connectivity index (χ1v) is 6.94. The van der Waals surface area contributed by atoms with Crippen molar-refractivity contribution in [3.63, 3.8) is 0 Å². The number of alkyl halides is 3. The molecule has 0 radical (unpaired) electrons. The fraction of sp³-hybridized carbons (Fsp3) is 0.182. The van der Waals surface area contributed by atoms with Crippen molar-refractivity contribution in [1.29, 1.82) is 0 Å². The van der Waals surface area contributed by atoms with Gasteiger partial charge in [-0.3, -0.25) is 5.10 Å². The summed E-state index contributed by atoms with van der Waals surface area (Å²) in [6.07, 6.45) is 2.61. The van der Waals surface area contributed by atoms with Gasteiger partial charge in [-0.1, -0.05) is 0 Å². The quantitative estimate of drug-likeness (QED) is 0.525. The number of nitrogens with zero attached hydrogens (tertiary/aromatic N) is 1. The van der Waals surface area contributed by atoms with E-state index in [4.69, 9.17) is 4.74 Å². The van der Waals surface area contributed by atoms with E-state index < -0.39 is 27.2 Å². The van der Waals surface area contributed by atoms with Gasteiger partial charge < -0.3 is 8.92 Å². The van der Waals surface area contributed by atoms with Crippen LogP contribution in [0.1, 0.15) is 0 Å². The lowest BCUT2D eigenvalue weighted by Gasteiger charge is -2.13. The summed E-state index contributed by atoms with van der Waals surface area (Å²) < 4.78 is 81.4. The Bertz CT molecular complexity index is 772. The SMILES string of the molecule is COc1cc(-c2cn[nH]c2)c(F)cc1OS(=O)(=O)C(F)(F)F. The molecule has 0 bridgehead atoms. The molecule has 1 aromatic carbocycles. The Morgan fingerprint density at radius 2 is 1.91 bits per heavy atom. The van der Waals surface area contributed by atoms with E-state index in [1.807, 2.05) is 0 Å². The zero-order valence-corrected chi connectivity index (χ0v) is 11.6. The van der Waals surface area contributed by atoms with E-state index in [-0.39, 0.29) is 11.3 Å². The molecular formula is C11H8F4N2O4S. The number of aromatic nitrogens is 2. The Morgan fingerprint density at radius 3 is 2.41 bits per heavy atom. The van der Waals surface area contributed by atoms with Crippen LogP contribution >= 0.6 is 0 Å². The largest absolute Gasteiger partial charge is 0.534 e. The average Bonchev–Trinajstić information content (AvgIpc) is 2.91. The van der Waals surface area contributed by atoms with E-state index in [2.05, 4.69) is 14.4 Å². The van der Waals surface area contributed by atoms with Gasteiger partial charge >= 0.3 is 15.6 Å². The number of hydrogen-bond donors (Lipinski definition) is 1. The maximum atomic E-state index is 13.9. The highest BCUT2D eigenvalue weighted by Crippen LogP contribution is 2.37. The lowest BCUT2D eigenvalue weighted by atomic mass is 10.1. The number of benzene rings is 1. The number of ether oxygens (including phenoxy) is 1. The van der Waals surface area contributed by atoms with Crippen molar-refractivity contribution >= 4 is 10.1 Å². The molecule has 2 rings (SSSR count). The molecule has 0 aliphatic heterocycles. The Balaban J connectivity index is 2.49. The van der Waals surface area contributed by atoms with Crippen LogP contribution in [0.2, 0.25) is 0 Å². The first-order valence-electron chi connectivity index (χ1n) is 5.53. The first kappa shape index (κ1) is 16.1. The van der Waals surface area contributed by atoms with E-state index in [1.165, 1.54) is 12.4 Å². The van der Waals surface area contributed by atoms with Gasteiger partial charge in [0.1, 0.15) is 5.82 Å². The second kappa shape index (κ2) is 5.48. The minimum atomic E-state index is -5.93. The summed E-state index contributed by atoms with van der Waals surface area (Å²) in [6.45, 7) is 0. The number of rotatable bonds is 4. The summed E-state index contributed by atoms with van der Waals surface area (Å²) in [5.74, 6) is -2.30. The molecule has 11 heteroatoms. The molecule has 0 aliphatic carbocycles. The minimum absolute atomic E-state index is 0.0534. The third-order valence-corrected chi connectivity index (χ3v) is 3.51. The van der Waals surface area contributed by atoms with Gasteiger partial charge in [0.05, 0.1) is 13.3 Å². The van der Waals surface area contributed by atoms with Crippen LogP contribution in [0.5, 0.6) is 11.5 Å². The van der Waals surface area contributed by atoms with Gasteiger partial charge in [0.2, 0.25) is 0 Å². The van der Waals surface area contributed by atoms with Gasteiger partial charge in [0.15, 0.2) is 11.5 Å². The third-order valence-electron chi connectivity index (χ3n) is 2.55. The second-order valence-electron chi connectivity index (χ2n) is 3.95. The summed E-state index contributed by atoms with van der Waals surface area (Å²) in [5, 5.41) is 6.03. The molecule has 0 saturated heterocycles. The van der Waals surface area contributed by atoms with E-state index in [1.54, 1.807) is 0 Å². The number of methoxy groups -OCH3 is 1. The summed E-state index contributed by atoms with van der Waals surface area (Å²) in [4.78, 5) is 0. The summed E-state index contributed by atoms with van der Waals surface area (Å²) in [5.41, 5.74) is -5.40. The number of hydrogen-bond acceptors (Lipinski definition) is 5. The van der Waals surface area contributed by atoms with Gasteiger partial charge in [-0.05, 0) is 6.07 Å². The van der Waals surface area contributed by atoms with Crippen LogP contribution in [0.25, 0.3) is 11.1 Å². The molecule has 0 unspecified atom stereocenters. The van der Waals surface area contributed by atoms with Gasteiger partial charge in [-0.25, -0.2) is 4.39 Å². The molecule has 1 N–H and O–H groups in total. The normalized spacial score (nSPS) is 12.2. The van der Waals surface area contributed by atoms with E-state index >= 15 is 0 Å². The number of aromatic amines is 1. The van der Waals surface area contributed by atoms with Gasteiger partial charge in [-0.15, -0.1) is 0 Å². The molecule has 0 atom stereocenters. The first-order chi connectivity index (χ1) is 10.2. The van der Waals surface area contributed by atoms with E-state index in [0.717, 1.165) is 13.2 Å². The van der Waals surface area contributed by atoms with Crippen molar-refractivity contribution in [2.45, 2.75) is 5.51 Å². The zero-order valence-electron chi connectivity index (χ0n) is 10.8. The van der Waals surface area contributed by atoms with Crippen molar-refractivity contribution in [1.82, 2.24) is 10.2 Å². The second-order valence-corrected chi connectivity index (χ2v) is 5.49. The zero-order chi connectivity index (χ0) is 16.5. The number of nitrogens with one attached hydrogen (secondary N) is 1. The molecule has 6 nitrogen and oxygen atoms in total. The fourth-order valence-corrected chi connectivity index (χ4v) is 2.01. The third kappa shape index (κ3) is 2.98. The van der Waals surface area contributed by atoms with Crippen molar-refractivity contribution < 1.29 is 34.9 Å². The van der Waals surface area contributed by atoms with Gasteiger partial charge in [0.25, 0.3) is 0 Å². The molecule has 1 aromatic heterocycles. The topological polar surface area (TPSA) is 81.3 Å². The maximum absolute atomic E-state index is 13.9. The lowest BCUT2D eigenvalue weighted by molar-refractivity contribution is -0.0500. The van der Waals surface area contributed by atoms with Crippen LogP contribution in [0.3, 0.4) is 0 Å².